The number of ether oxygens (including phenoxy) is 1. The smallest absolute Gasteiger partial charge is 0.242 e. The summed E-state index contributed by atoms with van der Waals surface area (Å²) in [6.45, 7) is 4.80. The molecule has 1 aromatic carbocycles. The maximum absolute atomic E-state index is 12.1. The molecule has 0 unspecified atom stereocenters. The Bertz CT molecular complexity index is 482. The van der Waals surface area contributed by atoms with E-state index in [9.17, 15) is 9.90 Å². The molecule has 0 bridgehead atoms. The number of amides is 1. The third-order valence-electron chi connectivity index (χ3n) is 3.95. The summed E-state index contributed by atoms with van der Waals surface area (Å²) in [7, 11) is 0. The number of benzene rings is 1. The zero-order valence-electron chi connectivity index (χ0n) is 12.7. The molecule has 116 valence electrons. The van der Waals surface area contributed by atoms with Crippen LogP contribution in [-0.2, 0) is 4.79 Å². The van der Waals surface area contributed by atoms with E-state index in [0.717, 1.165) is 24.2 Å². The number of para-hydroxylation sites is 1. The van der Waals surface area contributed by atoms with Gasteiger partial charge >= 0.3 is 0 Å². The maximum Gasteiger partial charge on any atom is 0.242 e. The van der Waals surface area contributed by atoms with Gasteiger partial charge in [-0.05, 0) is 25.5 Å². The maximum atomic E-state index is 12.1. The molecule has 2 atom stereocenters. The fourth-order valence-electron chi connectivity index (χ4n) is 2.48. The van der Waals surface area contributed by atoms with Gasteiger partial charge in [0.15, 0.2) is 0 Å². The number of nitrogens with two attached hydrogens (primary N) is 1. The minimum atomic E-state index is -0.834. The molecule has 1 heterocycles. The number of hydrogen-bond acceptors (Lipinski definition) is 4. The van der Waals surface area contributed by atoms with Crippen molar-refractivity contribution in [3.8, 4) is 5.75 Å². The van der Waals surface area contributed by atoms with E-state index in [4.69, 9.17) is 10.5 Å². The molecule has 5 nitrogen and oxygen atoms in total. The molecule has 21 heavy (non-hydrogen) atoms. The number of aliphatic hydroxyl groups is 1. The summed E-state index contributed by atoms with van der Waals surface area (Å²) in [4.78, 5) is 13.8. The molecule has 0 aromatic heterocycles. The summed E-state index contributed by atoms with van der Waals surface area (Å²) in [6, 6.07) is 7.11. The summed E-state index contributed by atoms with van der Waals surface area (Å²) in [5.74, 6) is 0.724. The van der Waals surface area contributed by atoms with E-state index >= 15 is 0 Å². The van der Waals surface area contributed by atoms with Gasteiger partial charge in [0.2, 0.25) is 5.91 Å². The highest BCUT2D eigenvalue weighted by Crippen LogP contribution is 2.22. The Morgan fingerprint density at radius 2 is 2.00 bits per heavy atom. The molecule has 1 saturated heterocycles. The molecule has 0 saturated carbocycles. The van der Waals surface area contributed by atoms with Crippen LogP contribution in [0.4, 0.5) is 0 Å². The average Bonchev–Trinajstić information content (AvgIpc) is 2.49. The van der Waals surface area contributed by atoms with Gasteiger partial charge in [0.05, 0.1) is 6.10 Å². The molecule has 1 fully saturated rings. The van der Waals surface area contributed by atoms with Crippen molar-refractivity contribution in [2.45, 2.75) is 44.9 Å². The number of carbonyl (C=O) groups excluding carboxylic acids is 1. The zero-order valence-corrected chi connectivity index (χ0v) is 12.7. The molecule has 0 spiro atoms. The summed E-state index contributed by atoms with van der Waals surface area (Å²) < 4.78 is 6.00. The van der Waals surface area contributed by atoms with Gasteiger partial charge in [0.25, 0.3) is 0 Å². The van der Waals surface area contributed by atoms with Crippen LogP contribution >= 0.6 is 0 Å². The minimum Gasteiger partial charge on any atom is -0.490 e. The average molecular weight is 292 g/mol. The Morgan fingerprint density at radius 3 is 2.57 bits per heavy atom. The Hall–Kier alpha value is -1.59. The molecular weight excluding hydrogens is 268 g/mol. The van der Waals surface area contributed by atoms with E-state index in [-0.39, 0.29) is 12.0 Å². The Balaban J connectivity index is 1.86. The van der Waals surface area contributed by atoms with Crippen molar-refractivity contribution in [2.24, 2.45) is 5.73 Å². The van der Waals surface area contributed by atoms with Gasteiger partial charge in [-0.15, -0.1) is 0 Å². The van der Waals surface area contributed by atoms with E-state index in [0.29, 0.717) is 13.1 Å². The van der Waals surface area contributed by atoms with Crippen molar-refractivity contribution >= 4 is 5.91 Å². The van der Waals surface area contributed by atoms with Crippen LogP contribution in [0.2, 0.25) is 0 Å². The number of likely N-dealkylation sites (tertiary alicyclic amines) is 1. The van der Waals surface area contributed by atoms with E-state index in [1.165, 1.54) is 6.92 Å². The zero-order chi connectivity index (χ0) is 15.4. The van der Waals surface area contributed by atoms with Crippen molar-refractivity contribution in [3.63, 3.8) is 0 Å². The lowest BCUT2D eigenvalue weighted by Crippen LogP contribution is -2.52. The SMILES string of the molecule is Cc1ccccc1OC1CCN(C(=O)[C@@H](N)[C@@H](C)O)CC1. The first-order valence-electron chi connectivity index (χ1n) is 7.43. The predicted octanol–water partition coefficient (Wildman–Crippen LogP) is 1.07. The van der Waals surface area contributed by atoms with Crippen molar-refractivity contribution < 1.29 is 14.6 Å². The lowest BCUT2D eigenvalue weighted by molar-refractivity contribution is -0.136. The number of aryl methyl sites for hydroxylation is 1. The number of hydrogen-bond donors (Lipinski definition) is 2. The standard InChI is InChI=1S/C16H24N2O3/c1-11-5-3-4-6-14(11)21-13-7-9-18(10-8-13)16(20)15(17)12(2)19/h3-6,12-13,15,19H,7-10,17H2,1-2H3/t12-,15+/m1/s1. The van der Waals surface area contributed by atoms with Gasteiger partial charge < -0.3 is 20.5 Å². The second-order valence-electron chi connectivity index (χ2n) is 5.67. The molecular formula is C16H24N2O3. The number of aliphatic hydroxyl groups excluding tert-OH is 1. The molecule has 1 amide bonds. The lowest BCUT2D eigenvalue weighted by Gasteiger charge is -2.34. The monoisotopic (exact) mass is 292 g/mol. The second kappa shape index (κ2) is 6.91. The summed E-state index contributed by atoms with van der Waals surface area (Å²) in [5.41, 5.74) is 6.81. The topological polar surface area (TPSA) is 75.8 Å². The van der Waals surface area contributed by atoms with Gasteiger partial charge in [-0.3, -0.25) is 4.79 Å². The first-order chi connectivity index (χ1) is 9.99. The lowest BCUT2D eigenvalue weighted by atomic mass is 10.1. The largest absolute Gasteiger partial charge is 0.490 e. The van der Waals surface area contributed by atoms with Crippen LogP contribution in [0.15, 0.2) is 24.3 Å². The Kier molecular flexibility index (Phi) is 5.20. The van der Waals surface area contributed by atoms with Crippen LogP contribution in [0.1, 0.15) is 25.3 Å². The molecule has 0 aliphatic carbocycles. The van der Waals surface area contributed by atoms with Crippen LogP contribution in [0.25, 0.3) is 0 Å². The fourth-order valence-corrected chi connectivity index (χ4v) is 2.48. The van der Waals surface area contributed by atoms with Gasteiger partial charge in [0.1, 0.15) is 17.9 Å². The number of carbonyl (C=O) groups is 1. The molecule has 1 aliphatic heterocycles. The van der Waals surface area contributed by atoms with Crippen LogP contribution in [0, 0.1) is 6.92 Å². The second-order valence-corrected chi connectivity index (χ2v) is 5.67. The van der Waals surface area contributed by atoms with Crippen LogP contribution in [0.3, 0.4) is 0 Å². The molecule has 3 N–H and O–H groups in total. The summed E-state index contributed by atoms with van der Waals surface area (Å²) in [5, 5.41) is 9.40. The number of rotatable bonds is 4. The highest BCUT2D eigenvalue weighted by atomic mass is 16.5. The molecule has 5 heteroatoms. The van der Waals surface area contributed by atoms with Crippen LogP contribution < -0.4 is 10.5 Å². The molecule has 2 rings (SSSR count). The fraction of sp³-hybridized carbons (Fsp3) is 0.562. The van der Waals surface area contributed by atoms with E-state index in [2.05, 4.69) is 0 Å². The predicted molar refractivity (Wildman–Crippen MR) is 81.1 cm³/mol. The van der Waals surface area contributed by atoms with Crippen LogP contribution in [-0.4, -0.2) is 47.3 Å². The van der Waals surface area contributed by atoms with Crippen LogP contribution in [0.5, 0.6) is 5.75 Å². The van der Waals surface area contributed by atoms with E-state index < -0.39 is 12.1 Å². The Labute approximate surface area is 125 Å². The van der Waals surface area contributed by atoms with E-state index in [1.54, 1.807) is 4.90 Å². The number of nitrogens with zero attached hydrogens (tertiary/aromatic N) is 1. The molecule has 0 radical (unpaired) electrons. The summed E-state index contributed by atoms with van der Waals surface area (Å²) in [6.07, 6.45) is 0.871. The van der Waals surface area contributed by atoms with Crippen molar-refractivity contribution in [2.75, 3.05) is 13.1 Å². The quantitative estimate of drug-likeness (QED) is 0.870. The van der Waals surface area contributed by atoms with Gasteiger partial charge in [-0.1, -0.05) is 18.2 Å². The van der Waals surface area contributed by atoms with Gasteiger partial charge in [-0.25, -0.2) is 0 Å². The Morgan fingerprint density at radius 1 is 1.38 bits per heavy atom. The van der Waals surface area contributed by atoms with Gasteiger partial charge in [0, 0.05) is 25.9 Å². The van der Waals surface area contributed by atoms with E-state index in [1.807, 2.05) is 31.2 Å². The summed E-state index contributed by atoms with van der Waals surface area (Å²) >= 11 is 0. The first kappa shape index (κ1) is 15.8. The highest BCUT2D eigenvalue weighted by Gasteiger charge is 2.29. The third kappa shape index (κ3) is 3.95. The number of piperidine rings is 1. The van der Waals surface area contributed by atoms with Crippen molar-refractivity contribution in [3.05, 3.63) is 29.8 Å². The van der Waals surface area contributed by atoms with Crippen molar-refractivity contribution in [1.29, 1.82) is 0 Å². The molecule has 1 aromatic rings. The minimum absolute atomic E-state index is 0.123. The normalized spacial score (nSPS) is 19.1. The van der Waals surface area contributed by atoms with Gasteiger partial charge in [-0.2, -0.15) is 0 Å². The third-order valence-corrected chi connectivity index (χ3v) is 3.95. The highest BCUT2D eigenvalue weighted by molar-refractivity contribution is 5.82. The van der Waals surface area contributed by atoms with Crippen molar-refractivity contribution in [1.82, 2.24) is 4.90 Å². The first-order valence-corrected chi connectivity index (χ1v) is 7.43. The molecule has 1 aliphatic rings.